The Morgan fingerprint density at radius 1 is 1.15 bits per heavy atom. The van der Waals surface area contributed by atoms with Crippen LogP contribution in [0, 0.1) is 5.82 Å². The number of para-hydroxylation sites is 1. The SMILES string of the molecule is O=C(CSc1nc(CO)cn1Cc1ccccc1)Nc1ccccc1F. The number of anilines is 1. The number of amides is 1. The molecule has 2 N–H and O–H groups in total. The molecule has 0 fully saturated rings. The van der Waals surface area contributed by atoms with Gasteiger partial charge in [-0.3, -0.25) is 4.79 Å². The van der Waals surface area contributed by atoms with Crippen LogP contribution in [-0.4, -0.2) is 26.3 Å². The van der Waals surface area contributed by atoms with Gasteiger partial charge < -0.3 is 15.0 Å². The van der Waals surface area contributed by atoms with Gasteiger partial charge in [-0.25, -0.2) is 9.37 Å². The van der Waals surface area contributed by atoms with E-state index in [2.05, 4.69) is 10.3 Å². The van der Waals surface area contributed by atoms with E-state index in [1.54, 1.807) is 18.3 Å². The topological polar surface area (TPSA) is 67.1 Å². The van der Waals surface area contributed by atoms with Crippen LogP contribution >= 0.6 is 11.8 Å². The highest BCUT2D eigenvalue weighted by Gasteiger charge is 2.12. The van der Waals surface area contributed by atoms with E-state index < -0.39 is 5.82 Å². The van der Waals surface area contributed by atoms with E-state index in [1.807, 2.05) is 34.9 Å². The van der Waals surface area contributed by atoms with Crippen LogP contribution in [0.15, 0.2) is 66.0 Å². The average molecular weight is 371 g/mol. The number of rotatable bonds is 7. The third kappa shape index (κ3) is 4.71. The summed E-state index contributed by atoms with van der Waals surface area (Å²) in [5.74, 6) is -0.704. The van der Waals surface area contributed by atoms with Gasteiger partial charge in [0.2, 0.25) is 5.91 Å². The Labute approximate surface area is 154 Å². The first-order valence-corrected chi connectivity index (χ1v) is 9.02. The van der Waals surface area contributed by atoms with Crippen LogP contribution in [-0.2, 0) is 17.9 Å². The van der Waals surface area contributed by atoms with Crippen molar-refractivity contribution >= 4 is 23.4 Å². The fraction of sp³-hybridized carbons (Fsp3) is 0.158. The number of benzene rings is 2. The van der Waals surface area contributed by atoms with E-state index in [0.717, 1.165) is 5.56 Å². The van der Waals surface area contributed by atoms with Gasteiger partial charge in [-0.2, -0.15) is 0 Å². The second kappa shape index (κ2) is 8.64. The highest BCUT2D eigenvalue weighted by atomic mass is 32.2. The molecule has 134 valence electrons. The van der Waals surface area contributed by atoms with Crippen LogP contribution in [0.4, 0.5) is 10.1 Å². The molecule has 1 aromatic heterocycles. The number of aliphatic hydroxyl groups excluding tert-OH is 1. The molecule has 2 aromatic carbocycles. The van der Waals surface area contributed by atoms with Crippen LogP contribution in [0.25, 0.3) is 0 Å². The highest BCUT2D eigenvalue weighted by Crippen LogP contribution is 2.20. The molecular weight excluding hydrogens is 353 g/mol. The van der Waals surface area contributed by atoms with Crippen molar-refractivity contribution < 1.29 is 14.3 Å². The number of nitrogens with one attached hydrogen (secondary N) is 1. The normalized spacial score (nSPS) is 10.7. The average Bonchev–Trinajstić information content (AvgIpc) is 3.05. The summed E-state index contributed by atoms with van der Waals surface area (Å²) in [5.41, 5.74) is 1.78. The molecular formula is C19H18FN3O2S. The predicted molar refractivity (Wildman–Crippen MR) is 99.4 cm³/mol. The van der Waals surface area contributed by atoms with Crippen LogP contribution in [0.3, 0.4) is 0 Å². The van der Waals surface area contributed by atoms with Gasteiger partial charge in [-0.1, -0.05) is 54.2 Å². The first-order chi connectivity index (χ1) is 12.7. The predicted octanol–water partition coefficient (Wildman–Crippen LogP) is 3.29. The standard InChI is InChI=1S/C19H18FN3O2S/c20-16-8-4-5-9-17(16)22-18(25)13-26-19-21-15(12-24)11-23(19)10-14-6-2-1-3-7-14/h1-9,11,24H,10,12-13H2,(H,22,25). The first kappa shape index (κ1) is 18.2. The molecule has 0 spiro atoms. The molecule has 0 aliphatic carbocycles. The minimum absolute atomic E-state index is 0.0883. The molecule has 26 heavy (non-hydrogen) atoms. The maximum absolute atomic E-state index is 13.6. The second-order valence-electron chi connectivity index (χ2n) is 5.60. The number of imidazole rings is 1. The van der Waals surface area contributed by atoms with Gasteiger partial charge in [-0.15, -0.1) is 0 Å². The molecule has 3 aromatic rings. The van der Waals surface area contributed by atoms with Gasteiger partial charge >= 0.3 is 0 Å². The smallest absolute Gasteiger partial charge is 0.234 e. The fourth-order valence-corrected chi connectivity index (χ4v) is 3.21. The van der Waals surface area contributed by atoms with Crippen LogP contribution < -0.4 is 5.32 Å². The zero-order valence-electron chi connectivity index (χ0n) is 13.9. The molecule has 7 heteroatoms. The lowest BCUT2D eigenvalue weighted by Gasteiger charge is -2.08. The highest BCUT2D eigenvalue weighted by molar-refractivity contribution is 7.99. The molecule has 0 radical (unpaired) electrons. The Morgan fingerprint density at radius 2 is 1.88 bits per heavy atom. The molecule has 0 unspecified atom stereocenters. The lowest BCUT2D eigenvalue weighted by Crippen LogP contribution is -2.15. The van der Waals surface area contributed by atoms with Crippen molar-refractivity contribution in [2.45, 2.75) is 18.3 Å². The summed E-state index contributed by atoms with van der Waals surface area (Å²) in [4.78, 5) is 16.4. The number of halogens is 1. The summed E-state index contributed by atoms with van der Waals surface area (Å²) in [6.07, 6.45) is 1.77. The summed E-state index contributed by atoms with van der Waals surface area (Å²) < 4.78 is 15.5. The Hall–Kier alpha value is -2.64. The lowest BCUT2D eigenvalue weighted by molar-refractivity contribution is -0.113. The molecule has 1 heterocycles. The van der Waals surface area contributed by atoms with E-state index in [-0.39, 0.29) is 24.0 Å². The van der Waals surface area contributed by atoms with Crippen molar-refractivity contribution in [1.82, 2.24) is 9.55 Å². The van der Waals surface area contributed by atoms with Crippen LogP contribution in [0.5, 0.6) is 0 Å². The van der Waals surface area contributed by atoms with Crippen molar-refractivity contribution in [3.63, 3.8) is 0 Å². The maximum atomic E-state index is 13.6. The number of carbonyl (C=O) groups excluding carboxylic acids is 1. The number of carbonyl (C=O) groups is 1. The summed E-state index contributed by atoms with van der Waals surface area (Å²) in [6, 6.07) is 15.9. The van der Waals surface area contributed by atoms with E-state index in [9.17, 15) is 14.3 Å². The molecule has 5 nitrogen and oxygen atoms in total. The Balaban J connectivity index is 1.66. The summed E-state index contributed by atoms with van der Waals surface area (Å²) in [6.45, 7) is 0.419. The van der Waals surface area contributed by atoms with Gasteiger partial charge in [0.25, 0.3) is 0 Å². The van der Waals surface area contributed by atoms with Crippen LogP contribution in [0.1, 0.15) is 11.3 Å². The van der Waals surface area contributed by atoms with Crippen molar-refractivity contribution in [3.8, 4) is 0 Å². The molecule has 0 saturated heterocycles. The molecule has 0 atom stereocenters. The monoisotopic (exact) mass is 371 g/mol. The quantitative estimate of drug-likeness (QED) is 0.626. The number of nitrogens with zero attached hydrogens (tertiary/aromatic N) is 2. The van der Waals surface area contributed by atoms with E-state index in [1.165, 1.54) is 23.9 Å². The Morgan fingerprint density at radius 3 is 2.62 bits per heavy atom. The lowest BCUT2D eigenvalue weighted by atomic mass is 10.2. The number of aromatic nitrogens is 2. The van der Waals surface area contributed by atoms with Gasteiger partial charge in [0, 0.05) is 12.7 Å². The number of aliphatic hydroxyl groups is 1. The molecule has 0 saturated carbocycles. The summed E-state index contributed by atoms with van der Waals surface area (Å²) in [7, 11) is 0. The first-order valence-electron chi connectivity index (χ1n) is 8.03. The van der Waals surface area contributed by atoms with Crippen molar-refractivity contribution in [1.29, 1.82) is 0 Å². The number of thioether (sulfide) groups is 1. The molecule has 0 aliphatic rings. The third-order valence-electron chi connectivity index (χ3n) is 3.63. The number of hydrogen-bond acceptors (Lipinski definition) is 4. The molecule has 3 rings (SSSR count). The van der Waals surface area contributed by atoms with Gasteiger partial charge in [-0.05, 0) is 17.7 Å². The minimum Gasteiger partial charge on any atom is -0.390 e. The zero-order chi connectivity index (χ0) is 18.4. The fourth-order valence-electron chi connectivity index (χ4n) is 2.41. The summed E-state index contributed by atoms with van der Waals surface area (Å²) >= 11 is 1.24. The summed E-state index contributed by atoms with van der Waals surface area (Å²) in [5, 5.41) is 12.5. The molecule has 0 bridgehead atoms. The van der Waals surface area contributed by atoms with E-state index >= 15 is 0 Å². The number of hydrogen-bond donors (Lipinski definition) is 2. The van der Waals surface area contributed by atoms with Gasteiger partial charge in [0.1, 0.15) is 5.82 Å². The van der Waals surface area contributed by atoms with Crippen molar-refractivity contribution in [2.24, 2.45) is 0 Å². The second-order valence-corrected chi connectivity index (χ2v) is 6.55. The van der Waals surface area contributed by atoms with E-state index in [0.29, 0.717) is 17.4 Å². The van der Waals surface area contributed by atoms with Crippen molar-refractivity contribution in [2.75, 3.05) is 11.1 Å². The maximum Gasteiger partial charge on any atom is 0.234 e. The largest absolute Gasteiger partial charge is 0.390 e. The minimum atomic E-state index is -0.473. The molecule has 1 amide bonds. The van der Waals surface area contributed by atoms with Crippen LogP contribution in [0.2, 0.25) is 0 Å². The molecule has 0 aliphatic heterocycles. The Bertz CT molecular complexity index is 884. The van der Waals surface area contributed by atoms with Gasteiger partial charge in [0.15, 0.2) is 5.16 Å². The zero-order valence-corrected chi connectivity index (χ0v) is 14.7. The third-order valence-corrected chi connectivity index (χ3v) is 4.62. The Kier molecular flexibility index (Phi) is 6.04. The van der Waals surface area contributed by atoms with Crippen molar-refractivity contribution in [3.05, 3.63) is 77.9 Å². The van der Waals surface area contributed by atoms with Gasteiger partial charge in [0.05, 0.1) is 23.7 Å². The van der Waals surface area contributed by atoms with E-state index in [4.69, 9.17) is 0 Å².